The van der Waals surface area contributed by atoms with Crippen molar-refractivity contribution in [2.75, 3.05) is 20.2 Å². The maximum Gasteiger partial charge on any atom is 0.252 e. The van der Waals surface area contributed by atoms with Crippen molar-refractivity contribution in [2.24, 2.45) is 0 Å². The van der Waals surface area contributed by atoms with E-state index in [1.54, 1.807) is 36.5 Å². The monoisotopic (exact) mass is 457 g/mol. The Morgan fingerprint density at radius 2 is 1.85 bits per heavy atom. The second-order valence-electron chi connectivity index (χ2n) is 8.07. The fraction of sp³-hybridized carbons (Fsp3) is 0.250. The summed E-state index contributed by atoms with van der Waals surface area (Å²) < 4.78 is 5.18. The Kier molecular flexibility index (Phi) is 8.97. The van der Waals surface area contributed by atoms with Crippen LogP contribution in [-0.2, 0) is 4.79 Å². The summed E-state index contributed by atoms with van der Waals surface area (Å²) in [5.74, 6) is 0.196. The molecule has 1 aliphatic heterocycles. The zero-order chi connectivity index (χ0) is 24.3. The van der Waals surface area contributed by atoms with Gasteiger partial charge in [-0.25, -0.2) is 0 Å². The number of benzene rings is 2. The number of pyridine rings is 1. The molecule has 0 radical (unpaired) electrons. The molecule has 3 aromatic rings. The first-order chi connectivity index (χ1) is 16.5. The van der Waals surface area contributed by atoms with Gasteiger partial charge in [0.05, 0.1) is 19.7 Å². The molecule has 6 nitrogen and oxygen atoms in total. The standard InChI is InChI=1S/C21H23N3O3.C7H8/c1-15-8-9-17(27-2)12-18(15)21(26)23-14-20(25)24-11-4-3-7-19(24)16-6-5-10-22-13-16;1-7-5-3-2-4-6-7/h3-6,8-10,12-13,19H,7,11,14H2,1-2H3,(H,23,26);2-6H,1H3. The van der Waals surface area contributed by atoms with E-state index in [2.05, 4.69) is 35.4 Å². The molecule has 1 atom stereocenters. The van der Waals surface area contributed by atoms with E-state index >= 15 is 0 Å². The number of carbonyl (C=O) groups is 2. The van der Waals surface area contributed by atoms with Gasteiger partial charge in [-0.05, 0) is 49.6 Å². The number of aromatic nitrogens is 1. The highest BCUT2D eigenvalue weighted by Gasteiger charge is 2.26. The van der Waals surface area contributed by atoms with Gasteiger partial charge in [0.15, 0.2) is 0 Å². The first-order valence-electron chi connectivity index (χ1n) is 11.3. The van der Waals surface area contributed by atoms with E-state index in [4.69, 9.17) is 4.74 Å². The summed E-state index contributed by atoms with van der Waals surface area (Å²) in [6, 6.07) is 19.3. The van der Waals surface area contributed by atoms with Crippen molar-refractivity contribution in [2.45, 2.75) is 26.3 Å². The zero-order valence-corrected chi connectivity index (χ0v) is 19.9. The fourth-order valence-electron chi connectivity index (χ4n) is 3.69. The van der Waals surface area contributed by atoms with Gasteiger partial charge in [0, 0.05) is 24.5 Å². The van der Waals surface area contributed by atoms with Crippen LogP contribution in [0.25, 0.3) is 0 Å². The molecule has 0 fully saturated rings. The first-order valence-corrected chi connectivity index (χ1v) is 11.3. The number of aryl methyl sites for hydroxylation is 2. The number of hydrogen-bond acceptors (Lipinski definition) is 4. The Labute approximate surface area is 201 Å². The molecule has 1 aliphatic rings. The first kappa shape index (κ1) is 24.7. The third-order valence-corrected chi connectivity index (χ3v) is 5.62. The molecule has 0 saturated carbocycles. The highest BCUT2D eigenvalue weighted by molar-refractivity contribution is 5.98. The lowest BCUT2D eigenvalue weighted by Gasteiger charge is -2.33. The zero-order valence-electron chi connectivity index (χ0n) is 19.9. The SMILES string of the molecule is COc1ccc(C)c(C(=O)NCC(=O)N2CC=CCC2c2cccnc2)c1.Cc1ccccc1. The van der Waals surface area contributed by atoms with Crippen molar-refractivity contribution in [3.8, 4) is 5.75 Å². The second-order valence-corrected chi connectivity index (χ2v) is 8.07. The normalized spacial score (nSPS) is 14.6. The molecule has 176 valence electrons. The van der Waals surface area contributed by atoms with Crippen LogP contribution in [0.1, 0.15) is 39.5 Å². The number of nitrogens with one attached hydrogen (secondary N) is 1. The molecule has 2 aromatic carbocycles. The molecule has 34 heavy (non-hydrogen) atoms. The van der Waals surface area contributed by atoms with Crippen LogP contribution in [0.4, 0.5) is 0 Å². The number of methoxy groups -OCH3 is 1. The maximum absolute atomic E-state index is 12.8. The van der Waals surface area contributed by atoms with E-state index in [9.17, 15) is 9.59 Å². The third kappa shape index (κ3) is 6.78. The molecule has 2 amide bonds. The second kappa shape index (κ2) is 12.3. The quantitative estimate of drug-likeness (QED) is 0.566. The minimum atomic E-state index is -0.287. The summed E-state index contributed by atoms with van der Waals surface area (Å²) >= 11 is 0. The molecule has 1 aromatic heterocycles. The Morgan fingerprint density at radius 1 is 1.06 bits per heavy atom. The molecule has 1 unspecified atom stereocenters. The van der Waals surface area contributed by atoms with Crippen molar-refractivity contribution in [3.05, 3.63) is 107 Å². The molecule has 6 heteroatoms. The number of nitrogens with zero attached hydrogens (tertiary/aromatic N) is 2. The Morgan fingerprint density at radius 3 is 2.50 bits per heavy atom. The smallest absolute Gasteiger partial charge is 0.252 e. The molecule has 2 heterocycles. The summed E-state index contributed by atoms with van der Waals surface area (Å²) in [5.41, 5.74) is 3.65. The van der Waals surface area contributed by atoms with Crippen LogP contribution in [0.15, 0.2) is 85.2 Å². The van der Waals surface area contributed by atoms with Gasteiger partial charge in [-0.2, -0.15) is 0 Å². The average molecular weight is 458 g/mol. The van der Waals surface area contributed by atoms with Crippen LogP contribution in [0.3, 0.4) is 0 Å². The molecule has 1 N–H and O–H groups in total. The maximum atomic E-state index is 12.8. The Bertz CT molecular complexity index is 1110. The summed E-state index contributed by atoms with van der Waals surface area (Å²) in [6.45, 7) is 4.40. The predicted octanol–water partition coefficient (Wildman–Crippen LogP) is 4.65. The highest BCUT2D eigenvalue weighted by Crippen LogP contribution is 2.27. The topological polar surface area (TPSA) is 71.5 Å². The number of rotatable bonds is 5. The van der Waals surface area contributed by atoms with E-state index in [0.29, 0.717) is 17.9 Å². The minimum Gasteiger partial charge on any atom is -0.497 e. The molecule has 0 saturated heterocycles. The van der Waals surface area contributed by atoms with E-state index in [1.165, 1.54) is 5.56 Å². The van der Waals surface area contributed by atoms with E-state index in [1.807, 2.05) is 49.4 Å². The number of hydrogen-bond donors (Lipinski definition) is 1. The van der Waals surface area contributed by atoms with E-state index < -0.39 is 0 Å². The lowest BCUT2D eigenvalue weighted by molar-refractivity contribution is -0.132. The average Bonchev–Trinajstić information content (AvgIpc) is 2.88. The molecular formula is C28H31N3O3. The van der Waals surface area contributed by atoms with Gasteiger partial charge >= 0.3 is 0 Å². The van der Waals surface area contributed by atoms with E-state index in [0.717, 1.165) is 17.5 Å². The van der Waals surface area contributed by atoms with Crippen LogP contribution in [-0.4, -0.2) is 41.9 Å². The summed E-state index contributed by atoms with van der Waals surface area (Å²) in [7, 11) is 1.55. The summed E-state index contributed by atoms with van der Waals surface area (Å²) in [5, 5.41) is 2.73. The molecule has 0 aliphatic carbocycles. The lowest BCUT2D eigenvalue weighted by Crippen LogP contribution is -2.43. The molecule has 0 spiro atoms. The van der Waals surface area contributed by atoms with Crippen molar-refractivity contribution < 1.29 is 14.3 Å². The lowest BCUT2D eigenvalue weighted by atomic mass is 10.0. The fourth-order valence-corrected chi connectivity index (χ4v) is 3.69. The van der Waals surface area contributed by atoms with Gasteiger partial charge in [-0.1, -0.05) is 60.2 Å². The van der Waals surface area contributed by atoms with Crippen molar-refractivity contribution in [1.29, 1.82) is 0 Å². The third-order valence-electron chi connectivity index (χ3n) is 5.62. The van der Waals surface area contributed by atoms with Gasteiger partial charge in [-0.15, -0.1) is 0 Å². The van der Waals surface area contributed by atoms with Crippen molar-refractivity contribution >= 4 is 11.8 Å². The van der Waals surface area contributed by atoms with Crippen LogP contribution in [0.5, 0.6) is 5.75 Å². The van der Waals surface area contributed by atoms with Crippen LogP contribution < -0.4 is 10.1 Å². The largest absolute Gasteiger partial charge is 0.497 e. The highest BCUT2D eigenvalue weighted by atomic mass is 16.5. The van der Waals surface area contributed by atoms with Crippen LogP contribution in [0.2, 0.25) is 0 Å². The molecule has 0 bridgehead atoms. The predicted molar refractivity (Wildman–Crippen MR) is 134 cm³/mol. The summed E-state index contributed by atoms with van der Waals surface area (Å²) in [4.78, 5) is 31.2. The van der Waals surface area contributed by atoms with Crippen molar-refractivity contribution in [3.63, 3.8) is 0 Å². The van der Waals surface area contributed by atoms with Gasteiger partial charge in [0.1, 0.15) is 5.75 Å². The Balaban J connectivity index is 0.000000396. The van der Waals surface area contributed by atoms with Gasteiger partial charge < -0.3 is 15.0 Å². The molecular weight excluding hydrogens is 426 g/mol. The number of ether oxygens (including phenoxy) is 1. The van der Waals surface area contributed by atoms with Crippen LogP contribution in [0, 0.1) is 13.8 Å². The Hall–Kier alpha value is -3.93. The van der Waals surface area contributed by atoms with E-state index in [-0.39, 0.29) is 24.4 Å². The minimum absolute atomic E-state index is 0.0555. The molecule has 4 rings (SSSR count). The van der Waals surface area contributed by atoms with Gasteiger partial charge in [-0.3, -0.25) is 14.6 Å². The number of carbonyl (C=O) groups excluding carboxylic acids is 2. The van der Waals surface area contributed by atoms with Crippen molar-refractivity contribution in [1.82, 2.24) is 15.2 Å². The van der Waals surface area contributed by atoms with Gasteiger partial charge in [0.2, 0.25) is 5.91 Å². The van der Waals surface area contributed by atoms with Gasteiger partial charge in [0.25, 0.3) is 5.91 Å². The summed E-state index contributed by atoms with van der Waals surface area (Å²) in [6.07, 6.45) is 8.27. The number of amides is 2. The van der Waals surface area contributed by atoms with Crippen LogP contribution >= 0.6 is 0 Å².